The number of carbonyl (C=O) groups excluding carboxylic acids is 1. The first-order chi connectivity index (χ1) is 17.9. The number of pyridine rings is 1. The minimum Gasteiger partial charge on any atom is -0.444 e. The number of nitrogens with one attached hydrogen (secondary N) is 2. The topological polar surface area (TPSA) is 93.5 Å². The second kappa shape index (κ2) is 11.5. The maximum Gasteiger partial charge on any atom is 0.410 e. The van der Waals surface area contributed by atoms with Gasteiger partial charge in [-0.15, -0.1) is 11.3 Å². The van der Waals surface area contributed by atoms with Gasteiger partial charge in [-0.3, -0.25) is 0 Å². The fourth-order valence-corrected chi connectivity index (χ4v) is 5.52. The van der Waals surface area contributed by atoms with Crippen LogP contribution in [0.5, 0.6) is 0 Å². The quantitative estimate of drug-likeness (QED) is 0.326. The Balaban J connectivity index is 1.60. The molecule has 9 nitrogen and oxygen atoms in total. The van der Waals surface area contributed by atoms with Crippen LogP contribution in [0.1, 0.15) is 74.0 Å². The number of hydrogen-bond donors (Lipinski definition) is 2. The van der Waals surface area contributed by atoms with E-state index >= 15 is 0 Å². The molecule has 0 spiro atoms. The predicted molar refractivity (Wildman–Crippen MR) is 155 cm³/mol. The zero-order valence-electron chi connectivity index (χ0n) is 23.8. The Morgan fingerprint density at radius 2 is 2.03 bits per heavy atom. The second-order valence-electron chi connectivity index (χ2n) is 11.7. The molecule has 1 atom stereocenters. The average molecular weight is 543 g/mol. The molecule has 2 N–H and O–H groups in total. The minimum atomic E-state index is -0.523. The van der Waals surface area contributed by atoms with Gasteiger partial charge >= 0.3 is 6.09 Å². The molecule has 3 aromatic rings. The molecule has 10 heteroatoms. The fourth-order valence-electron chi connectivity index (χ4n) is 4.41. The van der Waals surface area contributed by atoms with Gasteiger partial charge in [-0.05, 0) is 79.9 Å². The standard InChI is InChI=1S/C28H42N6O3S/c1-8-33(26(35)37-28(5,6)7)15-14-29-19-18-23(32-27(2,3)4)31-20-17-22(38-25(19)20)21-12-13-30-34(21)24-11-9-10-16-36-24/h12-13,17-18,24H,8-11,14-16H2,1-7H3,(H2,29,31,32). The number of likely N-dealkylation sites (N-methyl/N-ethyl adjacent to an activating group) is 1. The van der Waals surface area contributed by atoms with Crippen molar-refractivity contribution in [2.75, 3.05) is 36.9 Å². The largest absolute Gasteiger partial charge is 0.444 e. The van der Waals surface area contributed by atoms with Crippen LogP contribution in [0.2, 0.25) is 0 Å². The number of ether oxygens (including phenoxy) is 2. The van der Waals surface area contributed by atoms with Crippen molar-refractivity contribution in [3.8, 4) is 10.6 Å². The van der Waals surface area contributed by atoms with Crippen molar-refractivity contribution in [2.24, 2.45) is 0 Å². The van der Waals surface area contributed by atoms with E-state index < -0.39 is 5.60 Å². The summed E-state index contributed by atoms with van der Waals surface area (Å²) < 4.78 is 14.7. The molecule has 4 heterocycles. The van der Waals surface area contributed by atoms with Crippen molar-refractivity contribution in [1.29, 1.82) is 0 Å². The van der Waals surface area contributed by atoms with Crippen LogP contribution in [0.4, 0.5) is 16.3 Å². The summed E-state index contributed by atoms with van der Waals surface area (Å²) in [5, 5.41) is 11.7. The highest BCUT2D eigenvalue weighted by atomic mass is 32.1. The second-order valence-corrected chi connectivity index (χ2v) is 12.8. The third-order valence-electron chi connectivity index (χ3n) is 6.06. The number of fused-ring (bicyclic) bond motifs is 1. The summed E-state index contributed by atoms with van der Waals surface area (Å²) in [6.07, 6.45) is 4.72. The molecule has 3 aromatic heterocycles. The van der Waals surface area contributed by atoms with Gasteiger partial charge in [-0.1, -0.05) is 0 Å². The summed E-state index contributed by atoms with van der Waals surface area (Å²) >= 11 is 1.69. The smallest absolute Gasteiger partial charge is 0.410 e. The van der Waals surface area contributed by atoms with E-state index in [0.29, 0.717) is 19.6 Å². The first-order valence-corrected chi connectivity index (χ1v) is 14.4. The minimum absolute atomic E-state index is 0.0319. The number of thiophene rings is 1. The van der Waals surface area contributed by atoms with E-state index in [0.717, 1.165) is 58.2 Å². The molecule has 0 radical (unpaired) electrons. The van der Waals surface area contributed by atoms with E-state index in [1.165, 1.54) is 0 Å². The zero-order chi connectivity index (χ0) is 27.5. The van der Waals surface area contributed by atoms with Crippen molar-refractivity contribution >= 4 is 39.2 Å². The molecular weight excluding hydrogens is 500 g/mol. The van der Waals surface area contributed by atoms with Crippen LogP contribution in [-0.4, -0.2) is 63.1 Å². The van der Waals surface area contributed by atoms with E-state index in [2.05, 4.69) is 48.6 Å². The number of amides is 1. The van der Waals surface area contributed by atoms with Crippen molar-refractivity contribution in [1.82, 2.24) is 19.7 Å². The number of anilines is 2. The van der Waals surface area contributed by atoms with Gasteiger partial charge in [0.1, 0.15) is 11.4 Å². The van der Waals surface area contributed by atoms with Crippen LogP contribution in [-0.2, 0) is 9.47 Å². The Kier molecular flexibility index (Phi) is 8.52. The van der Waals surface area contributed by atoms with Gasteiger partial charge < -0.3 is 25.0 Å². The maximum absolute atomic E-state index is 12.6. The Bertz CT molecular complexity index is 1230. The van der Waals surface area contributed by atoms with Crippen LogP contribution in [0, 0.1) is 0 Å². The Labute approximate surface area is 229 Å². The Morgan fingerprint density at radius 3 is 2.68 bits per heavy atom. The van der Waals surface area contributed by atoms with Crippen LogP contribution < -0.4 is 10.6 Å². The molecule has 1 unspecified atom stereocenters. The lowest BCUT2D eigenvalue weighted by molar-refractivity contribution is -0.0383. The molecule has 4 rings (SSSR count). The van der Waals surface area contributed by atoms with E-state index in [1.54, 1.807) is 16.2 Å². The average Bonchev–Trinajstić information content (AvgIpc) is 3.47. The zero-order valence-corrected chi connectivity index (χ0v) is 24.6. The monoisotopic (exact) mass is 542 g/mol. The lowest BCUT2D eigenvalue weighted by Gasteiger charge is -2.27. The van der Waals surface area contributed by atoms with E-state index in [1.807, 2.05) is 44.6 Å². The predicted octanol–water partition coefficient (Wildman–Crippen LogP) is 6.74. The van der Waals surface area contributed by atoms with Gasteiger partial charge in [-0.25, -0.2) is 14.5 Å². The lowest BCUT2D eigenvalue weighted by Crippen LogP contribution is -2.39. The van der Waals surface area contributed by atoms with Crippen LogP contribution in [0.15, 0.2) is 24.4 Å². The Hall–Kier alpha value is -2.85. The molecule has 38 heavy (non-hydrogen) atoms. The van der Waals surface area contributed by atoms with Crippen LogP contribution in [0.25, 0.3) is 20.8 Å². The molecule has 1 saturated heterocycles. The summed E-state index contributed by atoms with van der Waals surface area (Å²) in [6, 6.07) is 6.23. The number of aromatic nitrogens is 3. The summed E-state index contributed by atoms with van der Waals surface area (Å²) in [6.45, 7) is 16.4. The summed E-state index contributed by atoms with van der Waals surface area (Å²) in [5.41, 5.74) is 2.28. The fraction of sp³-hybridized carbons (Fsp3) is 0.607. The van der Waals surface area contributed by atoms with Gasteiger partial charge in [0.25, 0.3) is 0 Å². The molecule has 0 bridgehead atoms. The number of nitrogens with zero attached hydrogens (tertiary/aromatic N) is 4. The SMILES string of the molecule is CCN(CCNc1cc(NC(C)(C)C)nc2cc(-c3ccnn3C3CCCCO3)sc12)C(=O)OC(C)(C)C. The third-order valence-corrected chi connectivity index (χ3v) is 7.24. The van der Waals surface area contributed by atoms with Crippen molar-refractivity contribution in [2.45, 2.75) is 85.1 Å². The van der Waals surface area contributed by atoms with Crippen molar-refractivity contribution < 1.29 is 14.3 Å². The van der Waals surface area contributed by atoms with Crippen molar-refractivity contribution in [3.05, 3.63) is 24.4 Å². The third kappa shape index (κ3) is 7.17. The first kappa shape index (κ1) is 28.2. The van der Waals surface area contributed by atoms with Crippen molar-refractivity contribution in [3.63, 3.8) is 0 Å². The molecule has 1 aliphatic heterocycles. The summed E-state index contributed by atoms with van der Waals surface area (Å²) in [7, 11) is 0. The van der Waals surface area contributed by atoms with E-state index in [-0.39, 0.29) is 17.9 Å². The molecule has 0 saturated carbocycles. The highest BCUT2D eigenvalue weighted by Crippen LogP contribution is 2.39. The lowest BCUT2D eigenvalue weighted by atomic mass is 10.1. The highest BCUT2D eigenvalue weighted by Gasteiger charge is 2.23. The number of rotatable bonds is 8. The molecule has 0 aromatic carbocycles. The van der Waals surface area contributed by atoms with Gasteiger partial charge in [-0.2, -0.15) is 5.10 Å². The van der Waals surface area contributed by atoms with Gasteiger partial charge in [0.15, 0.2) is 6.23 Å². The molecule has 0 aliphatic carbocycles. The maximum atomic E-state index is 12.6. The first-order valence-electron chi connectivity index (χ1n) is 13.5. The summed E-state index contributed by atoms with van der Waals surface area (Å²) in [4.78, 5) is 20.3. The molecule has 1 fully saturated rings. The Morgan fingerprint density at radius 1 is 1.24 bits per heavy atom. The molecule has 1 amide bonds. The van der Waals surface area contributed by atoms with Gasteiger partial charge in [0, 0.05) is 44.0 Å². The highest BCUT2D eigenvalue weighted by molar-refractivity contribution is 7.22. The van der Waals surface area contributed by atoms with Gasteiger partial charge in [0.05, 0.1) is 26.5 Å². The van der Waals surface area contributed by atoms with E-state index in [9.17, 15) is 4.79 Å². The van der Waals surface area contributed by atoms with Gasteiger partial charge in [0.2, 0.25) is 0 Å². The van der Waals surface area contributed by atoms with Crippen LogP contribution >= 0.6 is 11.3 Å². The number of carbonyl (C=O) groups is 1. The molecule has 1 aliphatic rings. The summed E-state index contributed by atoms with van der Waals surface area (Å²) in [5.74, 6) is 0.806. The van der Waals surface area contributed by atoms with Crippen LogP contribution in [0.3, 0.4) is 0 Å². The molecular formula is C28H42N6O3S. The number of hydrogen-bond acceptors (Lipinski definition) is 8. The normalized spacial score (nSPS) is 16.4. The van der Waals surface area contributed by atoms with E-state index in [4.69, 9.17) is 14.5 Å². The molecule has 208 valence electrons.